The molecule has 0 aliphatic heterocycles. The molecule has 0 saturated heterocycles. The molecule has 9 heteroatoms. The summed E-state index contributed by atoms with van der Waals surface area (Å²) in [5.41, 5.74) is 1.81. The fraction of sp³-hybridized carbons (Fsp3) is 0.200. The number of anilines is 1. The zero-order chi connectivity index (χ0) is 24.7. The van der Waals surface area contributed by atoms with Gasteiger partial charge in [-0.25, -0.2) is 17.9 Å². The van der Waals surface area contributed by atoms with Crippen LogP contribution in [-0.2, 0) is 21.2 Å². The van der Waals surface area contributed by atoms with Crippen LogP contribution in [0.15, 0.2) is 83.8 Å². The summed E-state index contributed by atoms with van der Waals surface area (Å²) in [7, 11) is -1.05. The Morgan fingerprint density at radius 2 is 1.56 bits per heavy atom. The summed E-state index contributed by atoms with van der Waals surface area (Å²) in [5.74, 6) is 0.0557. The third kappa shape index (κ3) is 5.93. The number of nitrogens with one attached hydrogen (secondary N) is 2. The lowest BCUT2D eigenvalue weighted by atomic mass is 10.0. The van der Waals surface area contributed by atoms with Crippen LogP contribution in [0.4, 0.5) is 10.5 Å². The molecular weight excluding hydrogens is 454 g/mol. The summed E-state index contributed by atoms with van der Waals surface area (Å²) in [6.45, 7) is 1.64. The molecule has 2 N–H and O–H groups in total. The van der Waals surface area contributed by atoms with E-state index in [0.717, 1.165) is 5.56 Å². The molecule has 0 saturated carbocycles. The van der Waals surface area contributed by atoms with Crippen molar-refractivity contribution in [3.63, 3.8) is 0 Å². The Bertz CT molecular complexity index is 1260. The molecule has 34 heavy (non-hydrogen) atoms. The van der Waals surface area contributed by atoms with Gasteiger partial charge in [-0.05, 0) is 36.2 Å². The Balaban J connectivity index is 1.85. The van der Waals surface area contributed by atoms with E-state index in [0.29, 0.717) is 17.0 Å². The Morgan fingerprint density at radius 3 is 2.24 bits per heavy atom. The van der Waals surface area contributed by atoms with Crippen LogP contribution in [0.25, 0.3) is 0 Å². The molecular formula is C25H27N3O5S. The zero-order valence-corrected chi connectivity index (χ0v) is 20.0. The first-order valence-corrected chi connectivity index (χ1v) is 12.0. The fourth-order valence-corrected chi connectivity index (χ4v) is 4.69. The Labute approximate surface area is 199 Å². The molecule has 0 aliphatic rings. The summed E-state index contributed by atoms with van der Waals surface area (Å²) in [6, 6.07) is 20.4. The molecule has 0 spiro atoms. The number of sulfonamides is 1. The third-order valence-electron chi connectivity index (χ3n) is 5.27. The minimum Gasteiger partial charge on any atom is -0.495 e. The molecule has 1 unspecified atom stereocenters. The Hall–Kier alpha value is -3.85. The number of hydrogen-bond donors (Lipinski definition) is 2. The maximum atomic E-state index is 13.4. The number of urea groups is 1. The topological polar surface area (TPSA) is 105 Å². The van der Waals surface area contributed by atoms with Crippen LogP contribution in [0.3, 0.4) is 0 Å². The maximum absolute atomic E-state index is 13.4. The minimum atomic E-state index is -4.12. The largest absolute Gasteiger partial charge is 0.495 e. The molecule has 3 amide bonds. The normalized spacial score (nSPS) is 11.9. The van der Waals surface area contributed by atoms with Crippen LogP contribution in [0.5, 0.6) is 5.75 Å². The minimum absolute atomic E-state index is 0.0118. The van der Waals surface area contributed by atoms with Crippen LogP contribution in [0.1, 0.15) is 11.1 Å². The van der Waals surface area contributed by atoms with E-state index in [1.807, 2.05) is 35.1 Å². The Kier molecular flexibility index (Phi) is 7.91. The van der Waals surface area contributed by atoms with Crippen LogP contribution < -0.4 is 19.7 Å². The van der Waals surface area contributed by atoms with Gasteiger partial charge in [0.05, 0.1) is 17.7 Å². The number of para-hydroxylation sites is 2. The van der Waals surface area contributed by atoms with Gasteiger partial charge in [0.2, 0.25) is 5.91 Å². The van der Waals surface area contributed by atoms with Crippen molar-refractivity contribution < 1.29 is 22.7 Å². The summed E-state index contributed by atoms with van der Waals surface area (Å²) in [4.78, 5) is 27.5. The van der Waals surface area contributed by atoms with Gasteiger partial charge in [0.25, 0.3) is 10.0 Å². The number of benzene rings is 3. The summed E-state index contributed by atoms with van der Waals surface area (Å²) in [6.07, 6.45) is 0.164. The van der Waals surface area contributed by atoms with E-state index in [-0.39, 0.29) is 11.3 Å². The molecule has 8 nitrogen and oxygen atoms in total. The lowest BCUT2D eigenvalue weighted by molar-refractivity contribution is -0.120. The Morgan fingerprint density at radius 1 is 0.941 bits per heavy atom. The van der Waals surface area contributed by atoms with Gasteiger partial charge in [-0.15, -0.1) is 0 Å². The van der Waals surface area contributed by atoms with Gasteiger partial charge in [0.1, 0.15) is 11.8 Å². The first-order chi connectivity index (χ1) is 16.2. The number of carbonyl (C=O) groups excluding carboxylic acids is 2. The smallest absolute Gasteiger partial charge is 0.329 e. The third-order valence-corrected chi connectivity index (χ3v) is 6.76. The highest BCUT2D eigenvalue weighted by Crippen LogP contribution is 2.27. The second-order valence-corrected chi connectivity index (χ2v) is 9.31. The molecule has 178 valence electrons. The van der Waals surface area contributed by atoms with Crippen LogP contribution >= 0.6 is 0 Å². The van der Waals surface area contributed by atoms with Gasteiger partial charge in [-0.2, -0.15) is 0 Å². The van der Waals surface area contributed by atoms with Gasteiger partial charge in [0.15, 0.2) is 0 Å². The highest BCUT2D eigenvalue weighted by Gasteiger charge is 2.28. The molecule has 0 aliphatic carbocycles. The number of amides is 3. The fourth-order valence-electron chi connectivity index (χ4n) is 3.53. The SMILES string of the molecule is COc1ccccc1N(C)C(=O)C(Cc1ccccc1)NC(=O)NS(=O)(=O)c1ccccc1C. The molecule has 0 aromatic heterocycles. The van der Waals surface area contributed by atoms with Crippen molar-refractivity contribution in [3.8, 4) is 5.75 Å². The molecule has 3 aromatic carbocycles. The van der Waals surface area contributed by atoms with Gasteiger partial charge in [-0.1, -0.05) is 60.7 Å². The zero-order valence-electron chi connectivity index (χ0n) is 19.2. The van der Waals surface area contributed by atoms with Crippen LogP contribution in [0.2, 0.25) is 0 Å². The van der Waals surface area contributed by atoms with Crippen LogP contribution in [0, 0.1) is 6.92 Å². The number of carbonyl (C=O) groups is 2. The molecule has 3 rings (SSSR count). The molecule has 0 heterocycles. The van der Waals surface area contributed by atoms with E-state index in [9.17, 15) is 18.0 Å². The number of nitrogens with zero attached hydrogens (tertiary/aromatic N) is 1. The predicted octanol–water partition coefficient (Wildman–Crippen LogP) is 3.27. The quantitative estimate of drug-likeness (QED) is 0.514. The van der Waals surface area contributed by atoms with Crippen LogP contribution in [-0.4, -0.2) is 40.6 Å². The molecule has 1 atom stereocenters. The number of aryl methyl sites for hydroxylation is 1. The van der Waals surface area contributed by atoms with Crippen molar-refractivity contribution >= 4 is 27.6 Å². The number of ether oxygens (including phenoxy) is 1. The first kappa shape index (κ1) is 24.8. The number of rotatable bonds is 8. The van der Waals surface area contributed by atoms with E-state index in [1.54, 1.807) is 56.4 Å². The van der Waals surface area contributed by atoms with E-state index in [2.05, 4.69) is 5.32 Å². The predicted molar refractivity (Wildman–Crippen MR) is 130 cm³/mol. The first-order valence-electron chi connectivity index (χ1n) is 10.6. The van der Waals surface area contributed by atoms with Crippen molar-refractivity contribution in [2.75, 3.05) is 19.1 Å². The van der Waals surface area contributed by atoms with Crippen molar-refractivity contribution in [3.05, 3.63) is 90.0 Å². The highest BCUT2D eigenvalue weighted by molar-refractivity contribution is 7.90. The van der Waals surface area contributed by atoms with Crippen molar-refractivity contribution in [1.82, 2.24) is 10.0 Å². The lowest BCUT2D eigenvalue weighted by Gasteiger charge is -2.26. The van der Waals surface area contributed by atoms with E-state index in [4.69, 9.17) is 4.74 Å². The van der Waals surface area contributed by atoms with Gasteiger partial charge in [0, 0.05) is 13.5 Å². The average Bonchev–Trinajstić information content (AvgIpc) is 2.83. The lowest BCUT2D eigenvalue weighted by Crippen LogP contribution is -2.52. The van der Waals surface area contributed by atoms with E-state index >= 15 is 0 Å². The second-order valence-electron chi connectivity index (χ2n) is 7.66. The monoisotopic (exact) mass is 481 g/mol. The summed E-state index contributed by atoms with van der Waals surface area (Å²) < 4.78 is 32.8. The second kappa shape index (κ2) is 10.8. The molecule has 0 fully saturated rings. The summed E-state index contributed by atoms with van der Waals surface area (Å²) >= 11 is 0. The average molecular weight is 482 g/mol. The van der Waals surface area contributed by atoms with Crippen molar-refractivity contribution in [2.24, 2.45) is 0 Å². The van der Waals surface area contributed by atoms with Gasteiger partial charge >= 0.3 is 6.03 Å². The van der Waals surface area contributed by atoms with Crippen molar-refractivity contribution in [1.29, 1.82) is 0 Å². The van der Waals surface area contributed by atoms with E-state index < -0.39 is 28.0 Å². The van der Waals surface area contributed by atoms with Gasteiger partial charge < -0.3 is 15.0 Å². The molecule has 0 radical (unpaired) electrons. The molecule has 0 bridgehead atoms. The standard InChI is InChI=1S/C25H27N3O5S/c1-18-11-7-10-16-23(18)34(31,32)27-25(30)26-20(17-19-12-5-4-6-13-19)24(29)28(2)21-14-8-9-15-22(21)33-3/h4-16,20H,17H2,1-3H3,(H2,26,27,30). The number of methoxy groups -OCH3 is 1. The van der Waals surface area contributed by atoms with Gasteiger partial charge in [-0.3, -0.25) is 4.79 Å². The van der Waals surface area contributed by atoms with Crippen molar-refractivity contribution in [2.45, 2.75) is 24.3 Å². The summed E-state index contributed by atoms with van der Waals surface area (Å²) in [5, 5.41) is 2.54. The highest BCUT2D eigenvalue weighted by atomic mass is 32.2. The number of hydrogen-bond acceptors (Lipinski definition) is 5. The molecule has 3 aromatic rings. The maximum Gasteiger partial charge on any atom is 0.329 e. The van der Waals surface area contributed by atoms with E-state index in [1.165, 1.54) is 18.1 Å². The number of likely N-dealkylation sites (N-methyl/N-ethyl adjacent to an activating group) is 1.